The van der Waals surface area contributed by atoms with Crippen LogP contribution in [0.15, 0.2) is 66.8 Å². The van der Waals surface area contributed by atoms with E-state index in [0.29, 0.717) is 18.6 Å². The van der Waals surface area contributed by atoms with Gasteiger partial charge in [0.05, 0.1) is 25.7 Å². The number of aliphatic hydroxyl groups is 3. The Labute approximate surface area is 171 Å². The van der Waals surface area contributed by atoms with Gasteiger partial charge in [-0.2, -0.15) is 0 Å². The molecular formula is C23H30O6. The number of methoxy groups -OCH3 is 1. The molecule has 2 rings (SSSR count). The van der Waals surface area contributed by atoms with E-state index in [2.05, 4.69) is 4.74 Å². The minimum absolute atomic E-state index is 0.113. The van der Waals surface area contributed by atoms with Gasteiger partial charge in [0.25, 0.3) is 0 Å². The van der Waals surface area contributed by atoms with Crippen molar-refractivity contribution in [2.24, 2.45) is 11.8 Å². The van der Waals surface area contributed by atoms with Gasteiger partial charge in [0, 0.05) is 12.3 Å². The van der Waals surface area contributed by atoms with Gasteiger partial charge in [-0.3, -0.25) is 4.79 Å². The van der Waals surface area contributed by atoms with E-state index in [9.17, 15) is 20.1 Å². The molecule has 1 unspecified atom stereocenters. The number of rotatable bonds is 10. The third-order valence-corrected chi connectivity index (χ3v) is 4.94. The fourth-order valence-corrected chi connectivity index (χ4v) is 3.36. The standard InChI is InChI=1S/C23H30O6/c1-28-23(27)12-8-3-2-7-11-19-20(22(26)15-21(19)25)14-13-17(24)16-29-18-9-5-4-6-10-18/h2-10,13-14,17,19-22,24-26H,11-12,15-16H2,1H3/b7-2+,8-3-,14-13+/t17?,19-,20-,21+,22-/m1/s1. The number of carbonyl (C=O) groups is 1. The normalized spacial score (nSPS) is 25.8. The summed E-state index contributed by atoms with van der Waals surface area (Å²) >= 11 is 0. The predicted octanol–water partition coefficient (Wildman–Crippen LogP) is 2.41. The van der Waals surface area contributed by atoms with Crippen molar-refractivity contribution in [1.82, 2.24) is 0 Å². The largest absolute Gasteiger partial charge is 0.491 e. The number of para-hydroxylation sites is 1. The number of carbonyl (C=O) groups excluding carboxylic acids is 1. The van der Waals surface area contributed by atoms with Crippen molar-refractivity contribution in [1.29, 1.82) is 0 Å². The topological polar surface area (TPSA) is 96.2 Å². The Morgan fingerprint density at radius 2 is 1.90 bits per heavy atom. The minimum atomic E-state index is -0.808. The van der Waals surface area contributed by atoms with Crippen LogP contribution in [0.5, 0.6) is 5.75 Å². The lowest BCUT2D eigenvalue weighted by molar-refractivity contribution is -0.139. The first-order valence-corrected chi connectivity index (χ1v) is 9.80. The molecule has 1 aromatic carbocycles. The number of ether oxygens (including phenoxy) is 2. The Bertz CT molecular complexity index is 697. The first-order valence-electron chi connectivity index (χ1n) is 9.80. The molecule has 1 saturated carbocycles. The van der Waals surface area contributed by atoms with Crippen molar-refractivity contribution in [3.63, 3.8) is 0 Å². The molecule has 1 aromatic rings. The van der Waals surface area contributed by atoms with Gasteiger partial charge in [-0.15, -0.1) is 0 Å². The molecule has 0 spiro atoms. The second-order valence-corrected chi connectivity index (χ2v) is 7.06. The molecule has 0 aliphatic heterocycles. The van der Waals surface area contributed by atoms with E-state index in [1.807, 2.05) is 42.5 Å². The lowest BCUT2D eigenvalue weighted by Crippen LogP contribution is -2.21. The van der Waals surface area contributed by atoms with E-state index in [1.54, 1.807) is 24.3 Å². The molecule has 3 N–H and O–H groups in total. The molecule has 1 aliphatic carbocycles. The van der Waals surface area contributed by atoms with Crippen molar-refractivity contribution >= 4 is 5.97 Å². The van der Waals surface area contributed by atoms with Gasteiger partial charge in [-0.25, -0.2) is 0 Å². The van der Waals surface area contributed by atoms with Gasteiger partial charge in [0.1, 0.15) is 18.5 Å². The first kappa shape index (κ1) is 22.9. The second-order valence-electron chi connectivity index (χ2n) is 7.06. The second kappa shape index (κ2) is 12.2. The Morgan fingerprint density at radius 3 is 2.62 bits per heavy atom. The zero-order valence-corrected chi connectivity index (χ0v) is 16.6. The molecule has 0 radical (unpaired) electrons. The molecule has 0 amide bonds. The molecule has 158 valence electrons. The van der Waals surface area contributed by atoms with Crippen molar-refractivity contribution < 1.29 is 29.6 Å². The van der Waals surface area contributed by atoms with E-state index >= 15 is 0 Å². The van der Waals surface area contributed by atoms with Crippen LogP contribution in [0.2, 0.25) is 0 Å². The van der Waals surface area contributed by atoms with Gasteiger partial charge in [0.15, 0.2) is 0 Å². The lowest BCUT2D eigenvalue weighted by Gasteiger charge is -2.19. The van der Waals surface area contributed by atoms with Gasteiger partial charge < -0.3 is 24.8 Å². The van der Waals surface area contributed by atoms with E-state index < -0.39 is 18.3 Å². The highest BCUT2D eigenvalue weighted by Gasteiger charge is 2.39. The van der Waals surface area contributed by atoms with Crippen LogP contribution in [0.3, 0.4) is 0 Å². The summed E-state index contributed by atoms with van der Waals surface area (Å²) < 4.78 is 10.1. The molecule has 1 aliphatic rings. The molecule has 6 heteroatoms. The number of hydrogen-bond acceptors (Lipinski definition) is 6. The van der Waals surface area contributed by atoms with Crippen LogP contribution in [0, 0.1) is 11.8 Å². The Hall–Kier alpha value is -2.41. The quantitative estimate of drug-likeness (QED) is 0.316. The average Bonchev–Trinajstić information content (AvgIpc) is 3.00. The van der Waals surface area contributed by atoms with Gasteiger partial charge in [-0.1, -0.05) is 54.7 Å². The van der Waals surface area contributed by atoms with Crippen LogP contribution in [-0.2, 0) is 9.53 Å². The van der Waals surface area contributed by atoms with Crippen molar-refractivity contribution in [2.75, 3.05) is 13.7 Å². The maximum Gasteiger partial charge on any atom is 0.309 e. The zero-order chi connectivity index (χ0) is 21.1. The average molecular weight is 402 g/mol. The highest BCUT2D eigenvalue weighted by Crippen LogP contribution is 2.36. The summed E-state index contributed by atoms with van der Waals surface area (Å²) in [6.45, 7) is 0.113. The Kier molecular flexibility index (Phi) is 9.64. The number of benzene rings is 1. The maximum absolute atomic E-state index is 11.0. The number of allylic oxidation sites excluding steroid dienone is 3. The van der Waals surface area contributed by atoms with Gasteiger partial charge in [0.2, 0.25) is 0 Å². The van der Waals surface area contributed by atoms with E-state index in [4.69, 9.17) is 4.74 Å². The summed E-state index contributed by atoms with van der Waals surface area (Å²) in [5.74, 6) is -0.0163. The summed E-state index contributed by atoms with van der Waals surface area (Å²) in [7, 11) is 1.34. The smallest absolute Gasteiger partial charge is 0.309 e. The fourth-order valence-electron chi connectivity index (χ4n) is 3.36. The van der Waals surface area contributed by atoms with E-state index in [0.717, 1.165) is 0 Å². The van der Waals surface area contributed by atoms with Gasteiger partial charge >= 0.3 is 5.97 Å². The van der Waals surface area contributed by atoms with Crippen LogP contribution in [-0.4, -0.2) is 53.3 Å². The molecule has 1 fully saturated rings. The molecule has 0 heterocycles. The SMILES string of the molecule is COC(=O)C/C=C\C=C\C[C@@H]1[C@@H](/C=C/C(O)COc2ccccc2)[C@H](O)C[C@@H]1O. The molecule has 0 saturated heterocycles. The highest BCUT2D eigenvalue weighted by atomic mass is 16.5. The minimum Gasteiger partial charge on any atom is -0.491 e. The molecular weight excluding hydrogens is 372 g/mol. The van der Waals surface area contributed by atoms with Crippen LogP contribution in [0.4, 0.5) is 0 Å². The lowest BCUT2D eigenvalue weighted by atomic mass is 9.90. The van der Waals surface area contributed by atoms with Crippen molar-refractivity contribution in [2.45, 2.75) is 37.6 Å². The summed E-state index contributed by atoms with van der Waals surface area (Å²) in [5, 5.41) is 30.7. The predicted molar refractivity (Wildman–Crippen MR) is 110 cm³/mol. The van der Waals surface area contributed by atoms with E-state index in [1.165, 1.54) is 7.11 Å². The monoisotopic (exact) mass is 402 g/mol. The molecule has 5 atom stereocenters. The Balaban J connectivity index is 1.84. The summed E-state index contributed by atoms with van der Waals surface area (Å²) in [4.78, 5) is 11.0. The van der Waals surface area contributed by atoms with Crippen LogP contribution < -0.4 is 4.74 Å². The van der Waals surface area contributed by atoms with Crippen LogP contribution >= 0.6 is 0 Å². The molecule has 0 bridgehead atoms. The van der Waals surface area contributed by atoms with Crippen molar-refractivity contribution in [3.05, 3.63) is 66.8 Å². The van der Waals surface area contributed by atoms with E-state index in [-0.39, 0.29) is 30.8 Å². The van der Waals surface area contributed by atoms with Crippen LogP contribution in [0.25, 0.3) is 0 Å². The van der Waals surface area contributed by atoms with Crippen molar-refractivity contribution in [3.8, 4) is 5.75 Å². The third kappa shape index (κ3) is 7.85. The number of hydrogen-bond donors (Lipinski definition) is 3. The number of esters is 1. The summed E-state index contributed by atoms with van der Waals surface area (Å²) in [5.41, 5.74) is 0. The molecule has 6 nitrogen and oxygen atoms in total. The highest BCUT2D eigenvalue weighted by molar-refractivity contribution is 5.70. The maximum atomic E-state index is 11.0. The Morgan fingerprint density at radius 1 is 1.17 bits per heavy atom. The first-order chi connectivity index (χ1) is 14.0. The zero-order valence-electron chi connectivity index (χ0n) is 16.6. The molecule has 29 heavy (non-hydrogen) atoms. The number of aliphatic hydroxyl groups excluding tert-OH is 3. The summed E-state index contributed by atoms with van der Waals surface area (Å²) in [6, 6.07) is 9.23. The van der Waals surface area contributed by atoms with Crippen LogP contribution in [0.1, 0.15) is 19.3 Å². The summed E-state index contributed by atoms with van der Waals surface area (Å²) in [6.07, 6.45) is 9.56. The fraction of sp³-hybridized carbons (Fsp3) is 0.435. The molecule has 0 aromatic heterocycles. The third-order valence-electron chi connectivity index (χ3n) is 4.94. The van der Waals surface area contributed by atoms with Gasteiger partial charge in [-0.05, 0) is 24.5 Å².